The summed E-state index contributed by atoms with van der Waals surface area (Å²) in [7, 11) is 0. The standard InChI is InChI=1S/C11H15ClN6S/c12-11-10(15-16-19-11)6-17-4-2-1-3-9(17)5-18-8-13-7-14-18/h7-9H,1-6H2/t9-/m0/s1. The zero-order valence-electron chi connectivity index (χ0n) is 10.4. The van der Waals surface area contributed by atoms with Crippen LogP contribution in [-0.4, -0.2) is 41.8 Å². The lowest BCUT2D eigenvalue weighted by Gasteiger charge is -2.35. The van der Waals surface area contributed by atoms with Gasteiger partial charge in [-0.15, -0.1) is 5.10 Å². The predicted octanol–water partition coefficient (Wildman–Crippen LogP) is 1.84. The van der Waals surface area contributed by atoms with Crippen molar-refractivity contribution in [2.24, 2.45) is 0 Å². The minimum absolute atomic E-state index is 0.466. The molecule has 0 saturated carbocycles. The van der Waals surface area contributed by atoms with Crippen LogP contribution in [0.1, 0.15) is 25.0 Å². The van der Waals surface area contributed by atoms with E-state index >= 15 is 0 Å². The Hall–Kier alpha value is -1.05. The van der Waals surface area contributed by atoms with Crippen LogP contribution in [0.4, 0.5) is 0 Å². The number of likely N-dealkylation sites (tertiary alicyclic amines) is 1. The molecule has 6 nitrogen and oxygen atoms in total. The van der Waals surface area contributed by atoms with Crippen molar-refractivity contribution in [3.05, 3.63) is 22.7 Å². The summed E-state index contributed by atoms with van der Waals surface area (Å²) < 4.78 is 6.49. The number of rotatable bonds is 4. The van der Waals surface area contributed by atoms with Crippen LogP contribution in [0.25, 0.3) is 0 Å². The van der Waals surface area contributed by atoms with Gasteiger partial charge in [0.1, 0.15) is 22.7 Å². The van der Waals surface area contributed by atoms with Crippen LogP contribution in [0.15, 0.2) is 12.7 Å². The van der Waals surface area contributed by atoms with Gasteiger partial charge >= 0.3 is 0 Å². The molecule has 1 aliphatic heterocycles. The van der Waals surface area contributed by atoms with Gasteiger partial charge in [0.05, 0.1) is 6.54 Å². The summed E-state index contributed by atoms with van der Waals surface area (Å²) >= 11 is 7.34. The Morgan fingerprint density at radius 2 is 2.37 bits per heavy atom. The zero-order valence-corrected chi connectivity index (χ0v) is 12.0. The first-order valence-corrected chi connectivity index (χ1v) is 7.51. The summed E-state index contributed by atoms with van der Waals surface area (Å²) in [5.41, 5.74) is 0.886. The Labute approximate surface area is 120 Å². The summed E-state index contributed by atoms with van der Waals surface area (Å²) in [6.45, 7) is 2.72. The number of hydrogen-bond acceptors (Lipinski definition) is 6. The van der Waals surface area contributed by atoms with E-state index in [-0.39, 0.29) is 0 Å². The molecule has 0 aliphatic carbocycles. The lowest BCUT2D eigenvalue weighted by molar-refractivity contribution is 0.120. The topological polar surface area (TPSA) is 59.7 Å². The van der Waals surface area contributed by atoms with Gasteiger partial charge in [-0.05, 0) is 19.4 Å². The average Bonchev–Trinajstić information content (AvgIpc) is 3.05. The summed E-state index contributed by atoms with van der Waals surface area (Å²) in [4.78, 5) is 6.42. The summed E-state index contributed by atoms with van der Waals surface area (Å²) in [6.07, 6.45) is 7.01. The fourth-order valence-electron chi connectivity index (χ4n) is 2.50. The van der Waals surface area contributed by atoms with Gasteiger partial charge in [-0.3, -0.25) is 9.58 Å². The summed E-state index contributed by atoms with van der Waals surface area (Å²) in [5.74, 6) is 0. The highest BCUT2D eigenvalue weighted by Gasteiger charge is 2.24. The molecule has 1 fully saturated rings. The SMILES string of the molecule is Clc1snnc1CN1CCCC[C@H]1Cn1cncn1. The van der Waals surface area contributed by atoms with Crippen LogP contribution in [0.2, 0.25) is 4.34 Å². The van der Waals surface area contributed by atoms with Crippen molar-refractivity contribution in [3.8, 4) is 0 Å². The second-order valence-corrected chi connectivity index (χ2v) is 6.09. The van der Waals surface area contributed by atoms with E-state index < -0.39 is 0 Å². The Morgan fingerprint density at radius 3 is 3.11 bits per heavy atom. The Morgan fingerprint density at radius 1 is 1.42 bits per heavy atom. The lowest BCUT2D eigenvalue weighted by atomic mass is 10.0. The molecule has 0 unspecified atom stereocenters. The van der Waals surface area contributed by atoms with Crippen molar-refractivity contribution in [1.29, 1.82) is 0 Å². The van der Waals surface area contributed by atoms with Gasteiger partial charge in [0.25, 0.3) is 0 Å². The molecule has 0 spiro atoms. The van der Waals surface area contributed by atoms with E-state index in [1.807, 2.05) is 4.68 Å². The van der Waals surface area contributed by atoms with Gasteiger partial charge in [-0.1, -0.05) is 22.5 Å². The van der Waals surface area contributed by atoms with Gasteiger partial charge in [-0.25, -0.2) is 4.98 Å². The minimum atomic E-state index is 0.466. The van der Waals surface area contributed by atoms with E-state index in [9.17, 15) is 0 Å². The third-order valence-corrected chi connectivity index (χ3v) is 4.46. The van der Waals surface area contributed by atoms with E-state index in [0.29, 0.717) is 10.4 Å². The van der Waals surface area contributed by atoms with Crippen LogP contribution in [0, 0.1) is 0 Å². The average molecular weight is 299 g/mol. The second kappa shape index (κ2) is 5.94. The molecule has 19 heavy (non-hydrogen) atoms. The van der Waals surface area contributed by atoms with E-state index in [1.54, 1.807) is 12.7 Å². The molecular formula is C11H15ClN6S. The summed E-state index contributed by atoms with van der Waals surface area (Å²) in [5, 5.41) is 8.29. The third-order valence-electron chi connectivity index (χ3n) is 3.48. The molecule has 8 heteroatoms. The van der Waals surface area contributed by atoms with Crippen molar-refractivity contribution in [1.82, 2.24) is 29.3 Å². The molecular weight excluding hydrogens is 284 g/mol. The molecule has 0 bridgehead atoms. The third kappa shape index (κ3) is 3.10. The molecule has 2 aromatic heterocycles. The van der Waals surface area contributed by atoms with E-state index in [4.69, 9.17) is 11.6 Å². The fraction of sp³-hybridized carbons (Fsp3) is 0.636. The minimum Gasteiger partial charge on any atom is -0.293 e. The van der Waals surface area contributed by atoms with E-state index in [0.717, 1.165) is 25.3 Å². The number of hydrogen-bond donors (Lipinski definition) is 0. The lowest BCUT2D eigenvalue weighted by Crippen LogP contribution is -2.41. The number of piperidine rings is 1. The molecule has 1 saturated heterocycles. The number of aromatic nitrogens is 5. The highest BCUT2D eigenvalue weighted by atomic mass is 35.5. The molecule has 0 radical (unpaired) electrons. The normalized spacial score (nSPS) is 20.8. The predicted molar refractivity (Wildman–Crippen MR) is 73.0 cm³/mol. The van der Waals surface area contributed by atoms with Crippen molar-refractivity contribution in [2.75, 3.05) is 6.54 Å². The largest absolute Gasteiger partial charge is 0.293 e. The van der Waals surface area contributed by atoms with Crippen molar-refractivity contribution >= 4 is 23.1 Å². The maximum absolute atomic E-state index is 6.09. The quantitative estimate of drug-likeness (QED) is 0.862. The smallest absolute Gasteiger partial charge is 0.138 e. The van der Waals surface area contributed by atoms with Crippen LogP contribution in [0.3, 0.4) is 0 Å². The molecule has 0 aromatic carbocycles. The van der Waals surface area contributed by atoms with Gasteiger partial charge in [0, 0.05) is 24.1 Å². The first kappa shape index (κ1) is 13.0. The first-order chi connectivity index (χ1) is 9.33. The highest BCUT2D eigenvalue weighted by molar-refractivity contribution is 7.10. The van der Waals surface area contributed by atoms with Crippen LogP contribution in [0.5, 0.6) is 0 Å². The van der Waals surface area contributed by atoms with E-state index in [2.05, 4.69) is 24.6 Å². The molecule has 1 atom stereocenters. The van der Waals surface area contributed by atoms with Crippen molar-refractivity contribution in [2.45, 2.75) is 38.4 Å². The van der Waals surface area contributed by atoms with E-state index in [1.165, 1.54) is 30.8 Å². The maximum Gasteiger partial charge on any atom is 0.138 e. The molecule has 0 amide bonds. The first-order valence-electron chi connectivity index (χ1n) is 6.36. The maximum atomic E-state index is 6.09. The highest BCUT2D eigenvalue weighted by Crippen LogP contribution is 2.24. The molecule has 1 aliphatic rings. The Kier molecular flexibility index (Phi) is 4.05. The summed E-state index contributed by atoms with van der Waals surface area (Å²) in [6, 6.07) is 0.466. The monoisotopic (exact) mass is 298 g/mol. The van der Waals surface area contributed by atoms with Gasteiger partial charge in [-0.2, -0.15) is 5.10 Å². The van der Waals surface area contributed by atoms with Gasteiger partial charge in [0.15, 0.2) is 0 Å². The van der Waals surface area contributed by atoms with Crippen LogP contribution >= 0.6 is 23.1 Å². The van der Waals surface area contributed by atoms with Crippen molar-refractivity contribution < 1.29 is 0 Å². The molecule has 3 heterocycles. The molecule has 102 valence electrons. The number of halogens is 1. The second-order valence-electron chi connectivity index (χ2n) is 4.73. The molecule has 3 rings (SSSR count). The molecule has 0 N–H and O–H groups in total. The molecule has 2 aromatic rings. The zero-order chi connectivity index (χ0) is 13.1. The van der Waals surface area contributed by atoms with Crippen LogP contribution < -0.4 is 0 Å². The van der Waals surface area contributed by atoms with Crippen molar-refractivity contribution in [3.63, 3.8) is 0 Å². The van der Waals surface area contributed by atoms with Crippen LogP contribution in [-0.2, 0) is 13.1 Å². The van der Waals surface area contributed by atoms with Gasteiger partial charge < -0.3 is 0 Å². The van der Waals surface area contributed by atoms with Gasteiger partial charge in [0.2, 0.25) is 0 Å². The Balaban J connectivity index is 1.68. The fourth-order valence-corrected chi connectivity index (χ4v) is 3.11. The Bertz CT molecular complexity index is 513. The number of nitrogens with zero attached hydrogens (tertiary/aromatic N) is 6.